The van der Waals surface area contributed by atoms with Crippen molar-refractivity contribution >= 4 is 21.9 Å². The average Bonchev–Trinajstić information content (AvgIpc) is 2.49. The number of rotatable bonds is 7. The molecule has 140 valence electrons. The van der Waals surface area contributed by atoms with E-state index < -0.39 is 47.3 Å². The maximum atomic E-state index is 12.1. The number of esters is 1. The van der Waals surface area contributed by atoms with Gasteiger partial charge in [-0.1, -0.05) is 17.7 Å². The van der Waals surface area contributed by atoms with E-state index in [0.717, 1.165) is 5.56 Å². The first-order valence-electron chi connectivity index (χ1n) is 7.00. The van der Waals surface area contributed by atoms with Crippen molar-refractivity contribution < 1.29 is 35.9 Å². The van der Waals surface area contributed by atoms with Crippen LogP contribution in [0.3, 0.4) is 0 Å². The zero-order valence-corrected chi connectivity index (χ0v) is 14.2. The van der Waals surface area contributed by atoms with Gasteiger partial charge in [0.25, 0.3) is 5.91 Å². The maximum Gasteiger partial charge on any atom is 0.405 e. The summed E-state index contributed by atoms with van der Waals surface area (Å²) in [6.45, 7) is 0.444. The maximum absolute atomic E-state index is 12.1. The highest BCUT2D eigenvalue weighted by Crippen LogP contribution is 2.12. The van der Waals surface area contributed by atoms with E-state index in [4.69, 9.17) is 0 Å². The average molecular weight is 382 g/mol. The molecule has 11 heteroatoms. The molecule has 7 nitrogen and oxygen atoms in total. The van der Waals surface area contributed by atoms with Crippen molar-refractivity contribution in [3.8, 4) is 0 Å². The Morgan fingerprint density at radius 2 is 1.76 bits per heavy atom. The van der Waals surface area contributed by atoms with E-state index in [-0.39, 0.29) is 4.90 Å². The van der Waals surface area contributed by atoms with E-state index in [1.807, 2.05) is 0 Å². The van der Waals surface area contributed by atoms with E-state index in [2.05, 4.69) is 9.46 Å². The highest BCUT2D eigenvalue weighted by Gasteiger charge is 2.28. The van der Waals surface area contributed by atoms with Gasteiger partial charge in [0.15, 0.2) is 6.61 Å². The van der Waals surface area contributed by atoms with E-state index in [1.54, 1.807) is 19.1 Å². The Morgan fingerprint density at radius 1 is 1.20 bits per heavy atom. The highest BCUT2D eigenvalue weighted by atomic mass is 32.2. The van der Waals surface area contributed by atoms with Gasteiger partial charge in [-0.2, -0.15) is 17.9 Å². The van der Waals surface area contributed by atoms with Crippen LogP contribution in [0.5, 0.6) is 0 Å². The Morgan fingerprint density at radius 3 is 2.28 bits per heavy atom. The lowest BCUT2D eigenvalue weighted by Crippen LogP contribution is -2.41. The normalized spacial score (nSPS) is 13.2. The van der Waals surface area contributed by atoms with E-state index >= 15 is 0 Å². The molecule has 25 heavy (non-hydrogen) atoms. The minimum atomic E-state index is -4.59. The smallest absolute Gasteiger partial charge is 0.405 e. The van der Waals surface area contributed by atoms with Gasteiger partial charge in [0.1, 0.15) is 12.6 Å². The minimum Gasteiger partial charge on any atom is -0.454 e. The van der Waals surface area contributed by atoms with Crippen LogP contribution >= 0.6 is 0 Å². The number of benzene rings is 1. The second-order valence-corrected chi connectivity index (χ2v) is 6.87. The zero-order chi connectivity index (χ0) is 19.3. The van der Waals surface area contributed by atoms with E-state index in [9.17, 15) is 31.2 Å². The molecule has 1 amide bonds. The van der Waals surface area contributed by atoms with Crippen LogP contribution in [0.2, 0.25) is 0 Å². The summed E-state index contributed by atoms with van der Waals surface area (Å²) in [6, 6.07) is 4.51. The number of carbonyl (C=O) groups is 2. The van der Waals surface area contributed by atoms with Gasteiger partial charge in [-0.3, -0.25) is 9.59 Å². The molecule has 0 unspecified atom stereocenters. The Bertz CT molecular complexity index is 717. The molecule has 0 saturated carbocycles. The second kappa shape index (κ2) is 8.30. The number of nitrogens with one attached hydrogen (secondary N) is 2. The molecule has 0 spiro atoms. The van der Waals surface area contributed by atoms with Crippen LogP contribution in [-0.4, -0.2) is 45.7 Å². The summed E-state index contributed by atoms with van der Waals surface area (Å²) >= 11 is 0. The van der Waals surface area contributed by atoms with Gasteiger partial charge < -0.3 is 10.1 Å². The summed E-state index contributed by atoms with van der Waals surface area (Å²) in [5.74, 6) is -2.25. The van der Waals surface area contributed by atoms with Crippen molar-refractivity contribution in [3.63, 3.8) is 0 Å². The first-order chi connectivity index (χ1) is 11.4. The fourth-order valence-corrected chi connectivity index (χ4v) is 2.77. The van der Waals surface area contributed by atoms with Crippen molar-refractivity contribution in [2.24, 2.45) is 0 Å². The van der Waals surface area contributed by atoms with Gasteiger partial charge in [0, 0.05) is 0 Å². The first-order valence-corrected chi connectivity index (χ1v) is 8.48. The topological polar surface area (TPSA) is 102 Å². The number of aryl methyl sites for hydroxylation is 1. The predicted molar refractivity (Wildman–Crippen MR) is 81.0 cm³/mol. The summed E-state index contributed by atoms with van der Waals surface area (Å²) in [5, 5.41) is 1.52. The minimum absolute atomic E-state index is 0.0688. The number of halogens is 3. The van der Waals surface area contributed by atoms with Crippen molar-refractivity contribution in [1.29, 1.82) is 0 Å². The van der Waals surface area contributed by atoms with Crippen LogP contribution in [0, 0.1) is 6.92 Å². The largest absolute Gasteiger partial charge is 0.454 e. The summed E-state index contributed by atoms with van der Waals surface area (Å²) < 4.78 is 66.5. The third kappa shape index (κ3) is 7.52. The Kier molecular flexibility index (Phi) is 6.94. The van der Waals surface area contributed by atoms with Gasteiger partial charge in [-0.15, -0.1) is 0 Å². The van der Waals surface area contributed by atoms with Crippen LogP contribution in [0.1, 0.15) is 12.5 Å². The fraction of sp³-hybridized carbons (Fsp3) is 0.429. The molecule has 0 fully saturated rings. The number of amides is 1. The molecule has 2 N–H and O–H groups in total. The first kappa shape index (κ1) is 20.9. The molecule has 0 bridgehead atoms. The molecule has 1 atom stereocenters. The molecule has 0 heterocycles. The molecule has 0 aliphatic carbocycles. The third-order valence-electron chi connectivity index (χ3n) is 2.85. The molecule has 1 aromatic carbocycles. The van der Waals surface area contributed by atoms with Gasteiger partial charge >= 0.3 is 12.1 Å². The quantitative estimate of drug-likeness (QED) is 0.682. The fourth-order valence-electron chi connectivity index (χ4n) is 1.58. The van der Waals surface area contributed by atoms with E-state index in [0.29, 0.717) is 0 Å². The summed E-state index contributed by atoms with van der Waals surface area (Å²) in [6.07, 6.45) is -4.59. The Labute approximate surface area is 142 Å². The number of carbonyl (C=O) groups excluding carboxylic acids is 2. The van der Waals surface area contributed by atoms with Gasteiger partial charge in [0.2, 0.25) is 10.0 Å². The third-order valence-corrected chi connectivity index (χ3v) is 4.40. The number of alkyl halides is 3. The van der Waals surface area contributed by atoms with Crippen molar-refractivity contribution in [3.05, 3.63) is 29.8 Å². The van der Waals surface area contributed by atoms with Crippen LogP contribution in [0.4, 0.5) is 13.2 Å². The molecule has 0 aliphatic heterocycles. The lowest BCUT2D eigenvalue weighted by molar-refractivity contribution is -0.152. The van der Waals surface area contributed by atoms with Crippen molar-refractivity contribution in [2.45, 2.75) is 31.0 Å². The van der Waals surface area contributed by atoms with Crippen molar-refractivity contribution in [2.75, 3.05) is 13.2 Å². The monoisotopic (exact) mass is 382 g/mol. The van der Waals surface area contributed by atoms with E-state index in [1.165, 1.54) is 24.4 Å². The van der Waals surface area contributed by atoms with Gasteiger partial charge in [-0.25, -0.2) is 8.42 Å². The lowest BCUT2D eigenvalue weighted by Gasteiger charge is -2.14. The van der Waals surface area contributed by atoms with Gasteiger partial charge in [0.05, 0.1) is 4.90 Å². The van der Waals surface area contributed by atoms with Crippen LogP contribution in [0.25, 0.3) is 0 Å². The molecular weight excluding hydrogens is 365 g/mol. The van der Waals surface area contributed by atoms with Crippen molar-refractivity contribution in [1.82, 2.24) is 10.0 Å². The summed E-state index contributed by atoms with van der Waals surface area (Å²) in [5.41, 5.74) is 0.844. The van der Waals surface area contributed by atoms with Gasteiger partial charge in [-0.05, 0) is 26.0 Å². The van der Waals surface area contributed by atoms with Crippen LogP contribution in [0.15, 0.2) is 29.2 Å². The molecule has 0 aromatic heterocycles. The zero-order valence-electron chi connectivity index (χ0n) is 13.4. The summed E-state index contributed by atoms with van der Waals surface area (Å²) in [4.78, 5) is 22.7. The Balaban J connectivity index is 2.53. The molecule has 0 aliphatic rings. The second-order valence-electron chi connectivity index (χ2n) is 5.16. The standard InChI is InChI=1S/C14H17F3N2O5S/c1-9-3-5-11(6-4-9)25(22,23)19-10(2)13(21)24-7-12(20)18-8-14(15,16)17/h3-6,10,19H,7-8H2,1-2H3,(H,18,20)/t10-/m0/s1. The number of hydrogen-bond donors (Lipinski definition) is 2. The molecule has 0 saturated heterocycles. The lowest BCUT2D eigenvalue weighted by atomic mass is 10.2. The molecule has 1 aromatic rings. The van der Waals surface area contributed by atoms with Crippen LogP contribution in [-0.2, 0) is 24.3 Å². The molecule has 1 rings (SSSR count). The summed E-state index contributed by atoms with van der Waals surface area (Å²) in [7, 11) is -3.99. The SMILES string of the molecule is Cc1ccc(S(=O)(=O)N[C@@H](C)C(=O)OCC(=O)NCC(F)(F)F)cc1. The number of sulfonamides is 1. The highest BCUT2D eigenvalue weighted by molar-refractivity contribution is 7.89. The Hall–Kier alpha value is -2.14. The molecular formula is C14H17F3N2O5S. The molecule has 0 radical (unpaired) electrons. The number of ether oxygens (including phenoxy) is 1. The number of hydrogen-bond acceptors (Lipinski definition) is 5. The van der Waals surface area contributed by atoms with Crippen LogP contribution < -0.4 is 10.0 Å². The predicted octanol–water partition coefficient (Wildman–Crippen LogP) is 0.884.